The fraction of sp³-hybridized carbons (Fsp3) is 0.480. The molecule has 2 aromatic rings. The van der Waals surface area contributed by atoms with Crippen LogP contribution < -0.4 is 0 Å². The van der Waals surface area contributed by atoms with Crippen LogP contribution in [0.15, 0.2) is 30.3 Å². The standard InChI is InChI=1S/C25H34O3S/c1-7-24(28,8-2)14-13-19-11-12-20(15-17(19)5)25(9-3,10-4)21-16-18(6)22(29-21)23(26)27/h11-16,28H,7-10H2,1-6H3,(H,26,27)/b14-13+. The highest BCUT2D eigenvalue weighted by Gasteiger charge is 2.34. The SMILES string of the molecule is CCC(O)(/C=C/c1ccc(C(CC)(CC)c2cc(C)c(C(=O)O)s2)cc1C)CC. The number of carbonyl (C=O) groups is 1. The normalized spacial score (nSPS) is 12.7. The van der Waals surface area contributed by atoms with Gasteiger partial charge in [0.05, 0.1) is 5.60 Å². The highest BCUT2D eigenvalue weighted by molar-refractivity contribution is 7.14. The molecule has 0 unspecified atom stereocenters. The van der Waals surface area contributed by atoms with Crippen LogP contribution >= 0.6 is 11.3 Å². The summed E-state index contributed by atoms with van der Waals surface area (Å²) < 4.78 is 0. The molecule has 1 heterocycles. The molecule has 2 rings (SSSR count). The molecule has 0 radical (unpaired) electrons. The van der Waals surface area contributed by atoms with Crippen LogP contribution in [0.1, 0.15) is 90.2 Å². The largest absolute Gasteiger partial charge is 0.477 e. The number of carboxylic acids is 1. The molecule has 0 saturated heterocycles. The zero-order valence-corrected chi connectivity index (χ0v) is 19.3. The van der Waals surface area contributed by atoms with Gasteiger partial charge in [-0.1, -0.05) is 58.0 Å². The molecule has 0 amide bonds. The van der Waals surface area contributed by atoms with Crippen molar-refractivity contribution in [2.24, 2.45) is 0 Å². The quantitative estimate of drug-likeness (QED) is 0.478. The lowest BCUT2D eigenvalue weighted by Gasteiger charge is -2.32. The van der Waals surface area contributed by atoms with E-state index in [0.29, 0.717) is 17.7 Å². The van der Waals surface area contributed by atoms with Crippen LogP contribution in [0.25, 0.3) is 6.08 Å². The lowest BCUT2D eigenvalue weighted by molar-refractivity contribution is 0.0701. The second-order valence-electron chi connectivity index (χ2n) is 7.93. The number of carboxylic acid groups (broad SMARTS) is 1. The van der Waals surface area contributed by atoms with Gasteiger partial charge < -0.3 is 10.2 Å². The van der Waals surface area contributed by atoms with Crippen molar-refractivity contribution < 1.29 is 15.0 Å². The van der Waals surface area contributed by atoms with Crippen LogP contribution in [0, 0.1) is 13.8 Å². The van der Waals surface area contributed by atoms with Crippen molar-refractivity contribution in [1.29, 1.82) is 0 Å². The molecule has 0 fully saturated rings. The van der Waals surface area contributed by atoms with Crippen molar-refractivity contribution in [3.63, 3.8) is 0 Å². The van der Waals surface area contributed by atoms with E-state index < -0.39 is 11.6 Å². The molecule has 3 nitrogen and oxygen atoms in total. The van der Waals surface area contributed by atoms with E-state index in [4.69, 9.17) is 0 Å². The van der Waals surface area contributed by atoms with Crippen LogP contribution in [-0.4, -0.2) is 21.8 Å². The van der Waals surface area contributed by atoms with E-state index in [9.17, 15) is 15.0 Å². The Balaban J connectivity index is 2.50. The Morgan fingerprint density at radius 2 is 1.62 bits per heavy atom. The number of aliphatic hydroxyl groups is 1. The summed E-state index contributed by atoms with van der Waals surface area (Å²) in [6, 6.07) is 8.55. The zero-order valence-electron chi connectivity index (χ0n) is 18.5. The van der Waals surface area contributed by atoms with Crippen molar-refractivity contribution in [2.45, 2.75) is 78.2 Å². The topological polar surface area (TPSA) is 57.5 Å². The van der Waals surface area contributed by atoms with Crippen LogP contribution in [0.5, 0.6) is 0 Å². The van der Waals surface area contributed by atoms with Gasteiger partial charge in [0.15, 0.2) is 0 Å². The van der Waals surface area contributed by atoms with E-state index >= 15 is 0 Å². The van der Waals surface area contributed by atoms with Crippen molar-refractivity contribution in [2.75, 3.05) is 0 Å². The van der Waals surface area contributed by atoms with E-state index in [1.165, 1.54) is 16.9 Å². The number of thiophene rings is 1. The predicted octanol–water partition coefficient (Wildman–Crippen LogP) is 6.73. The van der Waals surface area contributed by atoms with E-state index in [2.05, 4.69) is 39.0 Å². The molecule has 158 valence electrons. The third kappa shape index (κ3) is 4.65. The molecule has 0 bridgehead atoms. The summed E-state index contributed by atoms with van der Waals surface area (Å²) in [6.07, 6.45) is 7.11. The van der Waals surface area contributed by atoms with Gasteiger partial charge in [0.1, 0.15) is 4.88 Å². The Bertz CT molecular complexity index is 883. The molecule has 0 spiro atoms. The second-order valence-corrected chi connectivity index (χ2v) is 8.98. The molecule has 29 heavy (non-hydrogen) atoms. The fourth-order valence-corrected chi connectivity index (χ4v) is 5.33. The lowest BCUT2D eigenvalue weighted by Crippen LogP contribution is -2.25. The maximum Gasteiger partial charge on any atom is 0.346 e. The average molecular weight is 415 g/mol. The molecule has 0 aliphatic carbocycles. The van der Waals surface area contributed by atoms with Gasteiger partial charge in [-0.3, -0.25) is 0 Å². The van der Waals surface area contributed by atoms with Gasteiger partial charge in [-0.25, -0.2) is 4.79 Å². The summed E-state index contributed by atoms with van der Waals surface area (Å²) >= 11 is 1.40. The van der Waals surface area contributed by atoms with Gasteiger partial charge in [0, 0.05) is 10.3 Å². The summed E-state index contributed by atoms with van der Waals surface area (Å²) in [7, 11) is 0. The molecule has 1 aromatic heterocycles. The third-order valence-corrected chi connectivity index (χ3v) is 7.84. The Kier molecular flexibility index (Phi) is 7.47. The molecule has 4 heteroatoms. The number of hydrogen-bond donors (Lipinski definition) is 2. The molecule has 0 aliphatic rings. The van der Waals surface area contributed by atoms with Crippen molar-refractivity contribution in [3.05, 3.63) is 62.3 Å². The van der Waals surface area contributed by atoms with Gasteiger partial charge >= 0.3 is 5.97 Å². The first-order chi connectivity index (χ1) is 13.7. The van der Waals surface area contributed by atoms with Crippen LogP contribution in [0.3, 0.4) is 0 Å². The van der Waals surface area contributed by atoms with Crippen LogP contribution in [0.4, 0.5) is 0 Å². The minimum absolute atomic E-state index is 0.191. The van der Waals surface area contributed by atoms with Crippen LogP contribution in [0.2, 0.25) is 0 Å². The molecular formula is C25H34O3S. The average Bonchev–Trinajstić information content (AvgIpc) is 3.10. The summed E-state index contributed by atoms with van der Waals surface area (Å²) in [6.45, 7) is 12.3. The highest BCUT2D eigenvalue weighted by atomic mass is 32.1. The van der Waals surface area contributed by atoms with E-state index in [-0.39, 0.29) is 5.41 Å². The number of aryl methyl sites for hydroxylation is 2. The van der Waals surface area contributed by atoms with Gasteiger partial charge in [-0.15, -0.1) is 11.3 Å². The first-order valence-corrected chi connectivity index (χ1v) is 11.3. The Morgan fingerprint density at radius 3 is 2.07 bits per heavy atom. The first kappa shape index (κ1) is 23.4. The number of benzene rings is 1. The van der Waals surface area contributed by atoms with Gasteiger partial charge in [-0.05, 0) is 67.9 Å². The lowest BCUT2D eigenvalue weighted by atomic mass is 9.74. The van der Waals surface area contributed by atoms with E-state index in [0.717, 1.165) is 34.4 Å². The van der Waals surface area contributed by atoms with Gasteiger partial charge in [0.25, 0.3) is 0 Å². The minimum atomic E-state index is -0.851. The Morgan fingerprint density at radius 1 is 1.00 bits per heavy atom. The van der Waals surface area contributed by atoms with Gasteiger partial charge in [0.2, 0.25) is 0 Å². The van der Waals surface area contributed by atoms with E-state index in [1.807, 2.05) is 39.0 Å². The summed E-state index contributed by atoms with van der Waals surface area (Å²) in [5.41, 5.74) is 3.36. The number of rotatable bonds is 9. The second kappa shape index (κ2) is 9.27. The van der Waals surface area contributed by atoms with Gasteiger partial charge in [-0.2, -0.15) is 0 Å². The fourth-order valence-electron chi connectivity index (χ4n) is 3.97. The van der Waals surface area contributed by atoms with Crippen molar-refractivity contribution in [3.8, 4) is 0 Å². The third-order valence-electron chi connectivity index (χ3n) is 6.41. The van der Waals surface area contributed by atoms with Crippen molar-refractivity contribution >= 4 is 23.4 Å². The molecule has 0 saturated carbocycles. The zero-order chi connectivity index (χ0) is 21.8. The van der Waals surface area contributed by atoms with E-state index in [1.54, 1.807) is 0 Å². The predicted molar refractivity (Wildman–Crippen MR) is 123 cm³/mol. The maximum absolute atomic E-state index is 11.6. The molecular weight excluding hydrogens is 380 g/mol. The smallest absolute Gasteiger partial charge is 0.346 e. The Labute approximate surface area is 179 Å². The number of hydrogen-bond acceptors (Lipinski definition) is 3. The summed E-state index contributed by atoms with van der Waals surface area (Å²) in [5, 5.41) is 20.0. The monoisotopic (exact) mass is 414 g/mol. The Hall–Kier alpha value is -1.91. The minimum Gasteiger partial charge on any atom is -0.477 e. The highest BCUT2D eigenvalue weighted by Crippen LogP contribution is 2.43. The molecule has 2 N–H and O–H groups in total. The van der Waals surface area contributed by atoms with Crippen LogP contribution in [-0.2, 0) is 5.41 Å². The molecule has 0 aliphatic heterocycles. The maximum atomic E-state index is 11.6. The summed E-state index contributed by atoms with van der Waals surface area (Å²) in [4.78, 5) is 13.1. The summed E-state index contributed by atoms with van der Waals surface area (Å²) in [5.74, 6) is -0.851. The molecule has 1 aromatic carbocycles. The molecule has 0 atom stereocenters. The first-order valence-electron chi connectivity index (χ1n) is 10.5. The van der Waals surface area contributed by atoms with Crippen molar-refractivity contribution in [1.82, 2.24) is 0 Å². The number of aromatic carboxylic acids is 1.